The molecule has 1 aliphatic rings. The molecule has 144 valence electrons. The normalized spacial score (nSPS) is 16.8. The van der Waals surface area contributed by atoms with E-state index in [0.717, 1.165) is 13.1 Å². The van der Waals surface area contributed by atoms with E-state index >= 15 is 0 Å². The first kappa shape index (κ1) is 19.4. The van der Waals surface area contributed by atoms with Crippen LogP contribution in [-0.2, 0) is 4.74 Å². The minimum Gasteiger partial charge on any atom is -0.444 e. The van der Waals surface area contributed by atoms with Crippen LogP contribution in [0.15, 0.2) is 54.6 Å². The lowest BCUT2D eigenvalue weighted by Gasteiger charge is -2.40. The van der Waals surface area contributed by atoms with Crippen LogP contribution in [-0.4, -0.2) is 47.7 Å². The predicted octanol–water partition coefficient (Wildman–Crippen LogP) is 4.64. The van der Waals surface area contributed by atoms with E-state index in [0.29, 0.717) is 13.1 Å². The minimum absolute atomic E-state index is 0.202. The smallest absolute Gasteiger partial charge is 0.410 e. The van der Waals surface area contributed by atoms with Crippen molar-refractivity contribution < 1.29 is 9.53 Å². The van der Waals surface area contributed by atoms with Crippen LogP contribution in [0.1, 0.15) is 43.5 Å². The summed E-state index contributed by atoms with van der Waals surface area (Å²) < 4.78 is 5.53. The SMILES string of the molecule is Cc1ccccc1C(c1ccccc1)N1CCN(C(=O)OC(C)(C)C)CC1. The van der Waals surface area contributed by atoms with Gasteiger partial charge in [0.05, 0.1) is 6.04 Å². The van der Waals surface area contributed by atoms with E-state index in [9.17, 15) is 4.79 Å². The standard InChI is InChI=1S/C23H30N2O2/c1-18-10-8-9-13-20(18)21(19-11-6-5-7-12-19)24-14-16-25(17-15-24)22(26)27-23(2,3)4/h5-13,21H,14-17H2,1-4H3. The van der Waals surface area contributed by atoms with E-state index in [1.54, 1.807) is 0 Å². The maximum atomic E-state index is 12.4. The number of hydrogen-bond donors (Lipinski definition) is 0. The van der Waals surface area contributed by atoms with Crippen LogP contribution in [0.4, 0.5) is 4.79 Å². The van der Waals surface area contributed by atoms with Gasteiger partial charge in [-0.1, -0.05) is 54.6 Å². The van der Waals surface area contributed by atoms with Gasteiger partial charge in [-0.15, -0.1) is 0 Å². The van der Waals surface area contributed by atoms with E-state index in [1.165, 1.54) is 16.7 Å². The van der Waals surface area contributed by atoms with Gasteiger partial charge in [-0.3, -0.25) is 4.90 Å². The Kier molecular flexibility index (Phi) is 5.85. The summed E-state index contributed by atoms with van der Waals surface area (Å²) in [6, 6.07) is 19.4. The lowest BCUT2D eigenvalue weighted by atomic mass is 9.93. The Morgan fingerprint density at radius 1 is 0.926 bits per heavy atom. The summed E-state index contributed by atoms with van der Waals surface area (Å²) in [6.07, 6.45) is -0.214. The first-order chi connectivity index (χ1) is 12.8. The molecule has 2 aromatic rings. The highest BCUT2D eigenvalue weighted by atomic mass is 16.6. The molecule has 1 aliphatic heterocycles. The summed E-state index contributed by atoms with van der Waals surface area (Å²) in [5.74, 6) is 0. The summed E-state index contributed by atoms with van der Waals surface area (Å²) in [4.78, 5) is 16.7. The molecule has 0 N–H and O–H groups in total. The molecule has 1 unspecified atom stereocenters. The van der Waals surface area contributed by atoms with Gasteiger partial charge in [0.2, 0.25) is 0 Å². The molecule has 0 saturated carbocycles. The molecule has 4 heteroatoms. The van der Waals surface area contributed by atoms with Crippen LogP contribution < -0.4 is 0 Å². The fourth-order valence-electron chi connectivity index (χ4n) is 3.61. The molecule has 1 amide bonds. The molecular formula is C23H30N2O2. The van der Waals surface area contributed by atoms with Crippen molar-refractivity contribution in [3.63, 3.8) is 0 Å². The Labute approximate surface area is 162 Å². The number of amides is 1. The minimum atomic E-state index is -0.456. The third-order valence-electron chi connectivity index (χ3n) is 4.93. The molecule has 0 radical (unpaired) electrons. The van der Waals surface area contributed by atoms with Crippen molar-refractivity contribution >= 4 is 6.09 Å². The highest BCUT2D eigenvalue weighted by Gasteiger charge is 2.30. The number of nitrogens with zero attached hydrogens (tertiary/aromatic N) is 2. The van der Waals surface area contributed by atoms with E-state index in [-0.39, 0.29) is 12.1 Å². The number of carbonyl (C=O) groups is 1. The van der Waals surface area contributed by atoms with Crippen LogP contribution in [0.25, 0.3) is 0 Å². The molecule has 1 atom stereocenters. The molecule has 0 aliphatic carbocycles. The summed E-state index contributed by atoms with van der Waals surface area (Å²) in [7, 11) is 0. The van der Waals surface area contributed by atoms with Gasteiger partial charge in [0, 0.05) is 26.2 Å². The number of ether oxygens (including phenoxy) is 1. The Morgan fingerprint density at radius 3 is 2.11 bits per heavy atom. The van der Waals surface area contributed by atoms with Crippen molar-refractivity contribution in [1.29, 1.82) is 0 Å². The van der Waals surface area contributed by atoms with Crippen molar-refractivity contribution in [2.45, 2.75) is 39.3 Å². The number of rotatable bonds is 3. The first-order valence-corrected chi connectivity index (χ1v) is 9.67. The second kappa shape index (κ2) is 8.13. The van der Waals surface area contributed by atoms with Crippen LogP contribution in [0.2, 0.25) is 0 Å². The van der Waals surface area contributed by atoms with Crippen molar-refractivity contribution in [1.82, 2.24) is 9.80 Å². The second-order valence-corrected chi connectivity index (χ2v) is 8.17. The van der Waals surface area contributed by atoms with Crippen molar-refractivity contribution in [3.8, 4) is 0 Å². The van der Waals surface area contributed by atoms with Gasteiger partial charge in [-0.25, -0.2) is 4.79 Å². The summed E-state index contributed by atoms with van der Waals surface area (Å²) >= 11 is 0. The Morgan fingerprint density at radius 2 is 1.52 bits per heavy atom. The van der Waals surface area contributed by atoms with E-state index in [1.807, 2.05) is 25.7 Å². The van der Waals surface area contributed by atoms with E-state index in [4.69, 9.17) is 4.74 Å². The zero-order chi connectivity index (χ0) is 19.4. The highest BCUT2D eigenvalue weighted by Crippen LogP contribution is 2.31. The second-order valence-electron chi connectivity index (χ2n) is 8.17. The molecule has 1 fully saturated rings. The molecule has 3 rings (SSSR count). The van der Waals surface area contributed by atoms with Crippen molar-refractivity contribution in [2.24, 2.45) is 0 Å². The molecule has 1 heterocycles. The van der Waals surface area contributed by atoms with Gasteiger partial charge >= 0.3 is 6.09 Å². The molecular weight excluding hydrogens is 336 g/mol. The Bertz CT molecular complexity index is 759. The van der Waals surface area contributed by atoms with Gasteiger partial charge in [0.15, 0.2) is 0 Å². The average Bonchev–Trinajstić information content (AvgIpc) is 2.64. The summed E-state index contributed by atoms with van der Waals surface area (Å²) in [5.41, 5.74) is 3.45. The van der Waals surface area contributed by atoms with E-state index < -0.39 is 5.60 Å². The van der Waals surface area contributed by atoms with Gasteiger partial charge in [0.1, 0.15) is 5.60 Å². The first-order valence-electron chi connectivity index (χ1n) is 9.67. The van der Waals surface area contributed by atoms with Crippen molar-refractivity contribution in [2.75, 3.05) is 26.2 Å². The lowest BCUT2D eigenvalue weighted by molar-refractivity contribution is 0.0119. The molecule has 0 aromatic heterocycles. The highest BCUT2D eigenvalue weighted by molar-refractivity contribution is 5.68. The molecule has 27 heavy (non-hydrogen) atoms. The van der Waals surface area contributed by atoms with Crippen molar-refractivity contribution in [3.05, 3.63) is 71.3 Å². The lowest BCUT2D eigenvalue weighted by Crippen LogP contribution is -2.51. The zero-order valence-corrected chi connectivity index (χ0v) is 16.8. The zero-order valence-electron chi connectivity index (χ0n) is 16.8. The van der Waals surface area contributed by atoms with Crippen LogP contribution in [0.3, 0.4) is 0 Å². The van der Waals surface area contributed by atoms with Gasteiger partial charge in [-0.05, 0) is 44.4 Å². The number of hydrogen-bond acceptors (Lipinski definition) is 3. The molecule has 1 saturated heterocycles. The van der Waals surface area contributed by atoms with Gasteiger partial charge in [-0.2, -0.15) is 0 Å². The number of aryl methyl sites for hydroxylation is 1. The fourth-order valence-corrected chi connectivity index (χ4v) is 3.61. The fraction of sp³-hybridized carbons (Fsp3) is 0.435. The monoisotopic (exact) mass is 366 g/mol. The largest absolute Gasteiger partial charge is 0.444 e. The quantitative estimate of drug-likeness (QED) is 0.793. The molecule has 0 spiro atoms. The Hall–Kier alpha value is -2.33. The van der Waals surface area contributed by atoms with Gasteiger partial charge < -0.3 is 9.64 Å². The summed E-state index contributed by atoms with van der Waals surface area (Å²) in [5, 5.41) is 0. The van der Waals surface area contributed by atoms with E-state index in [2.05, 4.69) is 66.4 Å². The number of benzene rings is 2. The third kappa shape index (κ3) is 4.89. The average molecular weight is 367 g/mol. The topological polar surface area (TPSA) is 32.8 Å². The maximum Gasteiger partial charge on any atom is 0.410 e. The number of carbonyl (C=O) groups excluding carboxylic acids is 1. The third-order valence-corrected chi connectivity index (χ3v) is 4.93. The summed E-state index contributed by atoms with van der Waals surface area (Å²) in [6.45, 7) is 10.9. The molecule has 2 aromatic carbocycles. The number of piperazine rings is 1. The molecule has 0 bridgehead atoms. The van der Waals surface area contributed by atoms with Crippen LogP contribution in [0, 0.1) is 6.92 Å². The van der Waals surface area contributed by atoms with Crippen LogP contribution in [0.5, 0.6) is 0 Å². The van der Waals surface area contributed by atoms with Crippen LogP contribution >= 0.6 is 0 Å². The molecule has 4 nitrogen and oxygen atoms in total. The van der Waals surface area contributed by atoms with Gasteiger partial charge in [0.25, 0.3) is 0 Å². The Balaban J connectivity index is 1.78. The predicted molar refractivity (Wildman–Crippen MR) is 109 cm³/mol. The maximum absolute atomic E-state index is 12.4.